The van der Waals surface area contributed by atoms with Crippen LogP contribution in [0.5, 0.6) is 5.75 Å². The molecular weight excluding hydrogens is 470 g/mol. The summed E-state index contributed by atoms with van der Waals surface area (Å²) in [5.74, 6) is -0.472. The molecule has 0 unspecified atom stereocenters. The van der Waals surface area contributed by atoms with E-state index in [4.69, 9.17) is 4.74 Å². The minimum atomic E-state index is -3.43. The van der Waals surface area contributed by atoms with Crippen LogP contribution < -0.4 is 10.1 Å². The van der Waals surface area contributed by atoms with Gasteiger partial charge >= 0.3 is 0 Å². The van der Waals surface area contributed by atoms with Crippen LogP contribution >= 0.6 is 0 Å². The first-order chi connectivity index (χ1) is 16.5. The van der Waals surface area contributed by atoms with Gasteiger partial charge in [-0.1, -0.05) is 37.3 Å². The average Bonchev–Trinajstić information content (AvgIpc) is 2.81. The van der Waals surface area contributed by atoms with Crippen molar-refractivity contribution in [1.82, 2.24) is 9.21 Å². The lowest BCUT2D eigenvalue weighted by Gasteiger charge is -2.38. The van der Waals surface area contributed by atoms with E-state index in [1.807, 2.05) is 37.3 Å². The third-order valence-corrected chi connectivity index (χ3v) is 7.44. The fraction of sp³-hybridized carbons (Fsp3) is 0.440. The van der Waals surface area contributed by atoms with E-state index >= 15 is 0 Å². The minimum Gasteiger partial charge on any atom is -0.488 e. The minimum absolute atomic E-state index is 0.102. The monoisotopic (exact) mass is 503 g/mol. The Balaban J connectivity index is 1.91. The van der Waals surface area contributed by atoms with Gasteiger partial charge in [0.2, 0.25) is 15.9 Å². The summed E-state index contributed by atoms with van der Waals surface area (Å²) in [7, 11) is -1.95. The lowest BCUT2D eigenvalue weighted by atomic mass is 9.99. The Morgan fingerprint density at radius 3 is 2.57 bits per heavy atom. The van der Waals surface area contributed by atoms with Gasteiger partial charge in [0.15, 0.2) is 0 Å². The molecule has 9 nitrogen and oxygen atoms in total. The highest BCUT2D eigenvalue weighted by atomic mass is 32.2. The first-order valence-corrected chi connectivity index (χ1v) is 13.3. The molecule has 0 saturated carbocycles. The first kappa shape index (κ1) is 26.7. The van der Waals surface area contributed by atoms with Gasteiger partial charge in [0, 0.05) is 25.2 Å². The first-order valence-electron chi connectivity index (χ1n) is 11.5. The zero-order valence-electron chi connectivity index (χ0n) is 20.5. The van der Waals surface area contributed by atoms with Crippen molar-refractivity contribution in [1.29, 1.82) is 0 Å². The summed E-state index contributed by atoms with van der Waals surface area (Å²) in [6.45, 7) is 3.78. The molecule has 2 amide bonds. The molecule has 2 N–H and O–H groups in total. The SMILES string of the molecule is C[C@H](CO)N1C[C@H](C)[C@@H](CN(C)S(C)(=O)=O)Oc2ccc(NC(=O)Cc3ccccc3)cc2C1=O. The third kappa shape index (κ3) is 6.81. The molecule has 0 bridgehead atoms. The fourth-order valence-electron chi connectivity index (χ4n) is 3.89. The maximum atomic E-state index is 13.5. The number of carbonyl (C=O) groups excluding carboxylic acids is 2. The van der Waals surface area contributed by atoms with Crippen molar-refractivity contribution in [2.24, 2.45) is 5.92 Å². The van der Waals surface area contributed by atoms with Crippen LogP contribution in [-0.2, 0) is 21.2 Å². The third-order valence-electron chi connectivity index (χ3n) is 6.16. The lowest BCUT2D eigenvalue weighted by Crippen LogP contribution is -2.50. The van der Waals surface area contributed by atoms with E-state index in [2.05, 4.69) is 5.32 Å². The Morgan fingerprint density at radius 1 is 1.26 bits per heavy atom. The molecule has 190 valence electrons. The number of hydrogen-bond donors (Lipinski definition) is 2. The topological polar surface area (TPSA) is 116 Å². The van der Waals surface area contributed by atoms with E-state index in [1.165, 1.54) is 11.4 Å². The number of ether oxygens (including phenoxy) is 1. The summed E-state index contributed by atoms with van der Waals surface area (Å²) in [5, 5.41) is 12.6. The summed E-state index contributed by atoms with van der Waals surface area (Å²) in [6, 6.07) is 13.7. The van der Waals surface area contributed by atoms with Gasteiger partial charge < -0.3 is 20.1 Å². The van der Waals surface area contributed by atoms with Crippen LogP contribution in [0.1, 0.15) is 29.8 Å². The normalized spacial score (nSPS) is 19.4. The van der Waals surface area contributed by atoms with Crippen molar-refractivity contribution < 1.29 is 27.9 Å². The molecule has 0 aliphatic carbocycles. The van der Waals surface area contributed by atoms with E-state index in [-0.39, 0.29) is 49.4 Å². The van der Waals surface area contributed by atoms with Crippen molar-refractivity contribution in [3.63, 3.8) is 0 Å². The van der Waals surface area contributed by atoms with Gasteiger partial charge in [-0.05, 0) is 30.7 Å². The van der Waals surface area contributed by atoms with E-state index in [0.717, 1.165) is 11.8 Å². The highest BCUT2D eigenvalue weighted by molar-refractivity contribution is 7.88. The molecule has 0 aromatic heterocycles. The molecular formula is C25H33N3O6S. The van der Waals surface area contributed by atoms with Gasteiger partial charge in [-0.25, -0.2) is 12.7 Å². The van der Waals surface area contributed by atoms with Crippen LogP contribution in [0.15, 0.2) is 48.5 Å². The van der Waals surface area contributed by atoms with Crippen molar-refractivity contribution in [3.8, 4) is 5.75 Å². The molecule has 1 aliphatic rings. The number of hydrogen-bond acceptors (Lipinski definition) is 6. The molecule has 0 spiro atoms. The second kappa shape index (κ2) is 11.2. The van der Waals surface area contributed by atoms with Gasteiger partial charge in [-0.2, -0.15) is 0 Å². The molecule has 10 heteroatoms. The Hall–Kier alpha value is -2.95. The summed E-state index contributed by atoms with van der Waals surface area (Å²) < 4.78 is 31.4. The number of aliphatic hydroxyl groups is 1. The second-order valence-corrected chi connectivity index (χ2v) is 11.2. The fourth-order valence-corrected chi connectivity index (χ4v) is 4.31. The number of nitrogens with one attached hydrogen (secondary N) is 1. The summed E-state index contributed by atoms with van der Waals surface area (Å²) in [4.78, 5) is 27.6. The number of nitrogens with zero attached hydrogens (tertiary/aromatic N) is 2. The highest BCUT2D eigenvalue weighted by Crippen LogP contribution is 2.31. The smallest absolute Gasteiger partial charge is 0.258 e. The molecule has 0 saturated heterocycles. The van der Waals surface area contributed by atoms with Crippen molar-refractivity contribution >= 4 is 27.5 Å². The van der Waals surface area contributed by atoms with E-state index in [9.17, 15) is 23.1 Å². The van der Waals surface area contributed by atoms with E-state index in [0.29, 0.717) is 11.4 Å². The highest BCUT2D eigenvalue weighted by Gasteiger charge is 2.34. The molecule has 1 aliphatic heterocycles. The van der Waals surface area contributed by atoms with Crippen LogP contribution in [0.25, 0.3) is 0 Å². The van der Waals surface area contributed by atoms with E-state index < -0.39 is 22.2 Å². The van der Waals surface area contributed by atoms with Crippen LogP contribution in [-0.4, -0.2) is 79.7 Å². The predicted molar refractivity (Wildman–Crippen MR) is 134 cm³/mol. The molecule has 0 fully saturated rings. The number of fused-ring (bicyclic) bond motifs is 1. The summed E-state index contributed by atoms with van der Waals surface area (Å²) in [5.41, 5.74) is 1.55. The molecule has 2 aromatic rings. The second-order valence-electron chi connectivity index (χ2n) is 9.09. The van der Waals surface area contributed by atoms with Gasteiger partial charge in [0.25, 0.3) is 5.91 Å². The number of likely N-dealkylation sites (N-methyl/N-ethyl adjacent to an activating group) is 1. The standard InChI is InChI=1S/C25H33N3O6S/c1-17-14-28(18(2)16-29)25(31)21-13-20(26-24(30)12-19-8-6-5-7-9-19)10-11-22(21)34-23(17)15-27(3)35(4,32)33/h5-11,13,17-18,23,29H,12,14-16H2,1-4H3,(H,26,30)/t17-,18+,23+/m0/s1. The maximum Gasteiger partial charge on any atom is 0.258 e. The zero-order valence-corrected chi connectivity index (χ0v) is 21.3. The van der Waals surface area contributed by atoms with Gasteiger partial charge in [-0.15, -0.1) is 0 Å². The largest absolute Gasteiger partial charge is 0.488 e. The molecule has 2 aromatic carbocycles. The predicted octanol–water partition coefficient (Wildman–Crippen LogP) is 1.98. The number of benzene rings is 2. The van der Waals surface area contributed by atoms with Crippen LogP contribution in [0.4, 0.5) is 5.69 Å². The van der Waals surface area contributed by atoms with Crippen molar-refractivity contribution in [3.05, 3.63) is 59.7 Å². The average molecular weight is 504 g/mol. The maximum absolute atomic E-state index is 13.5. The summed E-state index contributed by atoms with van der Waals surface area (Å²) >= 11 is 0. The van der Waals surface area contributed by atoms with Gasteiger partial charge in [0.1, 0.15) is 11.9 Å². The Kier molecular flexibility index (Phi) is 8.52. The van der Waals surface area contributed by atoms with Gasteiger partial charge in [0.05, 0.1) is 37.4 Å². The number of amides is 2. The molecule has 0 radical (unpaired) electrons. The van der Waals surface area contributed by atoms with Gasteiger partial charge in [-0.3, -0.25) is 9.59 Å². The van der Waals surface area contributed by atoms with E-state index in [1.54, 1.807) is 30.0 Å². The Bertz CT molecular complexity index is 1160. The number of sulfonamides is 1. The van der Waals surface area contributed by atoms with Crippen molar-refractivity contribution in [2.45, 2.75) is 32.4 Å². The van der Waals surface area contributed by atoms with Crippen LogP contribution in [0.2, 0.25) is 0 Å². The molecule has 1 heterocycles. The number of aliphatic hydroxyl groups excluding tert-OH is 1. The number of anilines is 1. The Labute approximate surface area is 206 Å². The number of rotatable bonds is 8. The zero-order chi connectivity index (χ0) is 25.8. The number of carbonyl (C=O) groups is 2. The van der Waals surface area contributed by atoms with Crippen LogP contribution in [0, 0.1) is 5.92 Å². The Morgan fingerprint density at radius 2 is 1.94 bits per heavy atom. The summed E-state index contributed by atoms with van der Waals surface area (Å²) in [6.07, 6.45) is 0.782. The molecule has 3 rings (SSSR count). The van der Waals surface area contributed by atoms with Crippen LogP contribution in [0.3, 0.4) is 0 Å². The van der Waals surface area contributed by atoms with Crippen molar-refractivity contribution in [2.75, 3.05) is 38.3 Å². The quantitative estimate of drug-likeness (QED) is 0.569. The molecule has 3 atom stereocenters. The lowest BCUT2D eigenvalue weighted by molar-refractivity contribution is -0.115. The molecule has 35 heavy (non-hydrogen) atoms.